The van der Waals surface area contributed by atoms with Gasteiger partial charge in [0.25, 0.3) is 0 Å². The Bertz CT molecular complexity index is 565. The molecule has 0 atom stereocenters. The van der Waals surface area contributed by atoms with Gasteiger partial charge in [0.05, 0.1) is 0 Å². The minimum Gasteiger partial charge on any atom is -0.474 e. The van der Waals surface area contributed by atoms with Crippen molar-refractivity contribution in [1.29, 1.82) is 0 Å². The number of nitrogens with zero attached hydrogens (tertiary/aromatic N) is 2. The fourth-order valence-corrected chi connectivity index (χ4v) is 2.51. The summed E-state index contributed by atoms with van der Waals surface area (Å²) >= 11 is 0. The van der Waals surface area contributed by atoms with Crippen molar-refractivity contribution >= 4 is 5.82 Å². The molecule has 1 N–H and O–H groups in total. The molecule has 4 nitrogen and oxygen atoms in total. The molecular formula is C16H19N3O. The summed E-state index contributed by atoms with van der Waals surface area (Å²) in [4.78, 5) is 9.04. The SMILES string of the molecule is CNc1cc(OC2CCCC2)nc(-c2ccccc2)n1. The summed E-state index contributed by atoms with van der Waals surface area (Å²) in [5.74, 6) is 2.15. The van der Waals surface area contributed by atoms with Gasteiger partial charge in [-0.1, -0.05) is 30.3 Å². The molecule has 0 unspecified atom stereocenters. The lowest BCUT2D eigenvalue weighted by Gasteiger charge is -2.14. The lowest BCUT2D eigenvalue weighted by Crippen LogP contribution is -2.12. The van der Waals surface area contributed by atoms with E-state index >= 15 is 0 Å². The Labute approximate surface area is 119 Å². The summed E-state index contributed by atoms with van der Waals surface area (Å²) in [5, 5.41) is 3.07. The minimum atomic E-state index is 0.304. The smallest absolute Gasteiger partial charge is 0.219 e. The van der Waals surface area contributed by atoms with Crippen LogP contribution in [-0.2, 0) is 0 Å². The molecule has 1 saturated carbocycles. The predicted molar refractivity (Wildman–Crippen MR) is 79.9 cm³/mol. The van der Waals surface area contributed by atoms with E-state index in [4.69, 9.17) is 4.74 Å². The summed E-state index contributed by atoms with van der Waals surface area (Å²) < 4.78 is 5.99. The normalized spacial score (nSPS) is 15.2. The molecule has 1 aromatic carbocycles. The highest BCUT2D eigenvalue weighted by atomic mass is 16.5. The summed E-state index contributed by atoms with van der Waals surface area (Å²) in [5.41, 5.74) is 1.00. The van der Waals surface area contributed by atoms with Crippen LogP contribution in [-0.4, -0.2) is 23.1 Å². The Morgan fingerprint density at radius 3 is 2.55 bits per heavy atom. The molecule has 1 fully saturated rings. The number of nitrogens with one attached hydrogen (secondary N) is 1. The van der Waals surface area contributed by atoms with Crippen molar-refractivity contribution in [3.8, 4) is 17.3 Å². The number of benzene rings is 1. The van der Waals surface area contributed by atoms with Gasteiger partial charge in [0.15, 0.2) is 5.82 Å². The third kappa shape index (κ3) is 2.90. The van der Waals surface area contributed by atoms with Gasteiger partial charge in [-0.05, 0) is 25.7 Å². The topological polar surface area (TPSA) is 47.0 Å². The zero-order valence-electron chi connectivity index (χ0n) is 11.7. The highest BCUT2D eigenvalue weighted by Crippen LogP contribution is 2.26. The Hall–Kier alpha value is -2.10. The van der Waals surface area contributed by atoms with Crippen LogP contribution in [0.1, 0.15) is 25.7 Å². The van der Waals surface area contributed by atoms with Gasteiger partial charge in [-0.25, -0.2) is 4.98 Å². The van der Waals surface area contributed by atoms with E-state index in [1.54, 1.807) is 0 Å². The zero-order valence-corrected chi connectivity index (χ0v) is 11.7. The molecule has 0 spiro atoms. The monoisotopic (exact) mass is 269 g/mol. The lowest BCUT2D eigenvalue weighted by atomic mass is 10.2. The molecule has 0 aliphatic heterocycles. The Kier molecular flexibility index (Phi) is 3.81. The van der Waals surface area contributed by atoms with Crippen LogP contribution in [0, 0.1) is 0 Å². The summed E-state index contributed by atoms with van der Waals surface area (Å²) in [6.45, 7) is 0. The van der Waals surface area contributed by atoms with Gasteiger partial charge in [-0.2, -0.15) is 4.98 Å². The number of hydrogen-bond acceptors (Lipinski definition) is 4. The summed E-state index contributed by atoms with van der Waals surface area (Å²) in [7, 11) is 1.86. The lowest BCUT2D eigenvalue weighted by molar-refractivity contribution is 0.201. The molecule has 1 heterocycles. The molecule has 0 radical (unpaired) electrons. The van der Waals surface area contributed by atoms with Crippen LogP contribution in [0.2, 0.25) is 0 Å². The minimum absolute atomic E-state index is 0.304. The average molecular weight is 269 g/mol. The molecular weight excluding hydrogens is 250 g/mol. The van der Waals surface area contributed by atoms with E-state index < -0.39 is 0 Å². The van der Waals surface area contributed by atoms with Crippen LogP contribution < -0.4 is 10.1 Å². The number of ether oxygens (including phenoxy) is 1. The molecule has 0 saturated heterocycles. The first-order valence-electron chi connectivity index (χ1n) is 7.14. The molecule has 4 heteroatoms. The Morgan fingerprint density at radius 2 is 1.85 bits per heavy atom. The summed E-state index contributed by atoms with van der Waals surface area (Å²) in [6, 6.07) is 11.8. The molecule has 3 rings (SSSR count). The Morgan fingerprint density at radius 1 is 1.10 bits per heavy atom. The number of hydrogen-bond donors (Lipinski definition) is 1. The number of aromatic nitrogens is 2. The van der Waals surface area contributed by atoms with E-state index in [0.717, 1.165) is 24.2 Å². The van der Waals surface area contributed by atoms with E-state index in [-0.39, 0.29) is 0 Å². The second-order valence-electron chi connectivity index (χ2n) is 5.06. The first kappa shape index (κ1) is 12.9. The zero-order chi connectivity index (χ0) is 13.8. The van der Waals surface area contributed by atoms with Gasteiger partial charge >= 0.3 is 0 Å². The van der Waals surface area contributed by atoms with Crippen molar-refractivity contribution in [3.63, 3.8) is 0 Å². The van der Waals surface area contributed by atoms with Crippen LogP contribution in [0.5, 0.6) is 5.88 Å². The number of rotatable bonds is 4. The van der Waals surface area contributed by atoms with Gasteiger partial charge < -0.3 is 10.1 Å². The van der Waals surface area contributed by atoms with E-state index in [1.807, 2.05) is 43.4 Å². The fraction of sp³-hybridized carbons (Fsp3) is 0.375. The maximum absolute atomic E-state index is 5.99. The van der Waals surface area contributed by atoms with Crippen molar-refractivity contribution in [2.24, 2.45) is 0 Å². The second-order valence-corrected chi connectivity index (χ2v) is 5.06. The van der Waals surface area contributed by atoms with E-state index in [0.29, 0.717) is 17.8 Å². The van der Waals surface area contributed by atoms with Crippen molar-refractivity contribution in [2.75, 3.05) is 12.4 Å². The molecule has 0 bridgehead atoms. The van der Waals surface area contributed by atoms with E-state index in [1.165, 1.54) is 12.8 Å². The molecule has 20 heavy (non-hydrogen) atoms. The van der Waals surface area contributed by atoms with Gasteiger partial charge in [0.2, 0.25) is 5.88 Å². The average Bonchev–Trinajstić information content (AvgIpc) is 3.00. The quantitative estimate of drug-likeness (QED) is 0.922. The highest BCUT2D eigenvalue weighted by Gasteiger charge is 2.18. The van der Waals surface area contributed by atoms with Gasteiger partial charge in [0.1, 0.15) is 11.9 Å². The maximum atomic E-state index is 5.99. The maximum Gasteiger partial charge on any atom is 0.219 e. The first-order valence-corrected chi connectivity index (χ1v) is 7.14. The van der Waals surface area contributed by atoms with Gasteiger partial charge in [0, 0.05) is 18.7 Å². The third-order valence-electron chi connectivity index (χ3n) is 3.58. The fourth-order valence-electron chi connectivity index (χ4n) is 2.51. The molecule has 2 aromatic rings. The van der Waals surface area contributed by atoms with Gasteiger partial charge in [-0.3, -0.25) is 0 Å². The third-order valence-corrected chi connectivity index (χ3v) is 3.58. The van der Waals surface area contributed by atoms with E-state index in [2.05, 4.69) is 15.3 Å². The summed E-state index contributed by atoms with van der Waals surface area (Å²) in [6.07, 6.45) is 5.05. The van der Waals surface area contributed by atoms with Crippen LogP contribution in [0.15, 0.2) is 36.4 Å². The van der Waals surface area contributed by atoms with Gasteiger partial charge in [-0.15, -0.1) is 0 Å². The molecule has 1 aliphatic rings. The molecule has 104 valence electrons. The van der Waals surface area contributed by atoms with Crippen LogP contribution in [0.3, 0.4) is 0 Å². The van der Waals surface area contributed by atoms with Crippen LogP contribution in [0.4, 0.5) is 5.82 Å². The van der Waals surface area contributed by atoms with Crippen molar-refractivity contribution in [2.45, 2.75) is 31.8 Å². The molecule has 0 amide bonds. The van der Waals surface area contributed by atoms with Crippen molar-refractivity contribution in [1.82, 2.24) is 9.97 Å². The first-order chi connectivity index (χ1) is 9.85. The highest BCUT2D eigenvalue weighted by molar-refractivity contribution is 5.58. The van der Waals surface area contributed by atoms with Crippen molar-refractivity contribution < 1.29 is 4.74 Å². The standard InChI is InChI=1S/C16H19N3O/c1-17-14-11-15(20-13-9-5-6-10-13)19-16(18-14)12-7-3-2-4-8-12/h2-4,7-8,11,13H,5-6,9-10H2,1H3,(H,17,18,19). The molecule has 1 aliphatic carbocycles. The van der Waals surface area contributed by atoms with Crippen LogP contribution in [0.25, 0.3) is 11.4 Å². The largest absolute Gasteiger partial charge is 0.474 e. The van der Waals surface area contributed by atoms with Crippen molar-refractivity contribution in [3.05, 3.63) is 36.4 Å². The second kappa shape index (κ2) is 5.90. The number of anilines is 1. The van der Waals surface area contributed by atoms with E-state index in [9.17, 15) is 0 Å². The predicted octanol–water partition coefficient (Wildman–Crippen LogP) is 3.51. The van der Waals surface area contributed by atoms with Crippen LogP contribution >= 0.6 is 0 Å². The Balaban J connectivity index is 1.90. The molecule has 1 aromatic heterocycles.